The molecule has 0 saturated carbocycles. The van der Waals surface area contributed by atoms with Gasteiger partial charge in [-0.05, 0) is 12.1 Å². The van der Waals surface area contributed by atoms with Crippen molar-refractivity contribution in [3.63, 3.8) is 0 Å². The van der Waals surface area contributed by atoms with Crippen molar-refractivity contribution in [2.75, 3.05) is 12.4 Å². The van der Waals surface area contributed by atoms with Crippen molar-refractivity contribution in [3.05, 3.63) is 49.9 Å². The number of halogens is 8. The van der Waals surface area contributed by atoms with Crippen LogP contribution < -0.4 is 10.9 Å². The minimum atomic E-state index is -4.89. The van der Waals surface area contributed by atoms with Crippen molar-refractivity contribution >= 4 is 29.2 Å². The van der Waals surface area contributed by atoms with Gasteiger partial charge in [0, 0.05) is 13.1 Å². The Hall–Kier alpha value is -1.94. The summed E-state index contributed by atoms with van der Waals surface area (Å²) in [5, 5.41) is 1.09. The molecule has 12 heteroatoms. The first kappa shape index (κ1) is 19.4. The summed E-state index contributed by atoms with van der Waals surface area (Å²) in [4.78, 5) is 15.3. The lowest BCUT2D eigenvalue weighted by atomic mass is 10.2. The fraction of sp³-hybridized carbons (Fsp3) is 0.231. The van der Waals surface area contributed by atoms with Crippen molar-refractivity contribution in [2.45, 2.75) is 12.4 Å². The van der Waals surface area contributed by atoms with Crippen LogP contribution in [0.2, 0.25) is 10.0 Å². The lowest BCUT2D eigenvalue weighted by molar-refractivity contribution is -0.141. The highest BCUT2D eigenvalue weighted by atomic mass is 35.5. The zero-order valence-electron chi connectivity index (χ0n) is 12.1. The van der Waals surface area contributed by atoms with E-state index in [1.165, 1.54) is 7.05 Å². The first-order valence-electron chi connectivity index (χ1n) is 6.32. The van der Waals surface area contributed by atoms with Gasteiger partial charge in [-0.15, -0.1) is 0 Å². The van der Waals surface area contributed by atoms with Gasteiger partial charge in [-0.1, -0.05) is 23.2 Å². The first-order valence-corrected chi connectivity index (χ1v) is 7.07. The van der Waals surface area contributed by atoms with E-state index in [2.05, 4.69) is 10.3 Å². The summed E-state index contributed by atoms with van der Waals surface area (Å²) >= 11 is 11.6. The van der Waals surface area contributed by atoms with Crippen molar-refractivity contribution in [3.8, 4) is 5.69 Å². The van der Waals surface area contributed by atoms with E-state index < -0.39 is 50.9 Å². The number of alkyl halides is 6. The molecule has 1 aromatic heterocycles. The molecule has 1 aromatic carbocycles. The summed E-state index contributed by atoms with van der Waals surface area (Å²) in [7, 11) is 1.17. The lowest BCUT2D eigenvalue weighted by Crippen LogP contribution is -2.26. The summed E-state index contributed by atoms with van der Waals surface area (Å²) in [6, 6.07) is 1.20. The molecule has 0 saturated heterocycles. The zero-order chi connectivity index (χ0) is 19.2. The minimum Gasteiger partial charge on any atom is -0.358 e. The van der Waals surface area contributed by atoms with Crippen molar-refractivity contribution in [1.29, 1.82) is 0 Å². The molecule has 0 spiro atoms. The van der Waals surface area contributed by atoms with Crippen LogP contribution in [0.1, 0.15) is 11.3 Å². The van der Waals surface area contributed by atoms with E-state index in [0.29, 0.717) is 16.7 Å². The van der Waals surface area contributed by atoms with E-state index in [1.54, 1.807) is 0 Å². The molecule has 1 N–H and O–H groups in total. The number of hydrogen-bond donors (Lipinski definition) is 1. The molecule has 1 heterocycles. The summed E-state index contributed by atoms with van der Waals surface area (Å²) < 4.78 is 77.1. The summed E-state index contributed by atoms with van der Waals surface area (Å²) in [5.41, 5.74) is -4.30. The van der Waals surface area contributed by atoms with Crippen LogP contribution in [-0.4, -0.2) is 16.6 Å². The van der Waals surface area contributed by atoms with Gasteiger partial charge >= 0.3 is 12.4 Å². The van der Waals surface area contributed by atoms with Gasteiger partial charge < -0.3 is 5.32 Å². The molecule has 2 aromatic rings. The Morgan fingerprint density at radius 2 is 1.52 bits per heavy atom. The second kappa shape index (κ2) is 6.41. The molecule has 136 valence electrons. The monoisotopic (exact) mass is 405 g/mol. The fourth-order valence-corrected chi connectivity index (χ4v) is 2.61. The van der Waals surface area contributed by atoms with Gasteiger partial charge in [0.15, 0.2) is 5.69 Å². The van der Waals surface area contributed by atoms with Gasteiger partial charge in [0.25, 0.3) is 5.56 Å². The molecule has 4 nitrogen and oxygen atoms in total. The van der Waals surface area contributed by atoms with E-state index in [0.717, 1.165) is 0 Å². The average molecular weight is 406 g/mol. The molecule has 0 aliphatic heterocycles. The molecule has 25 heavy (non-hydrogen) atoms. The van der Waals surface area contributed by atoms with Crippen molar-refractivity contribution in [1.82, 2.24) is 9.55 Å². The number of nitrogens with zero attached hydrogens (tertiary/aromatic N) is 2. The maximum Gasteiger partial charge on any atom is 0.433 e. The van der Waals surface area contributed by atoms with Gasteiger partial charge in [-0.25, -0.2) is 9.55 Å². The van der Waals surface area contributed by atoms with Crippen molar-refractivity contribution < 1.29 is 26.3 Å². The topological polar surface area (TPSA) is 46.9 Å². The van der Waals surface area contributed by atoms with Gasteiger partial charge in [0.1, 0.15) is 0 Å². The van der Waals surface area contributed by atoms with Crippen LogP contribution >= 0.6 is 23.2 Å². The highest BCUT2D eigenvalue weighted by Gasteiger charge is 2.35. The normalized spacial score (nSPS) is 12.4. The number of aromatic nitrogens is 2. The molecule has 0 aliphatic rings. The van der Waals surface area contributed by atoms with E-state index in [4.69, 9.17) is 23.2 Å². The smallest absolute Gasteiger partial charge is 0.358 e. The maximum absolute atomic E-state index is 12.8. The molecular formula is C13H7Cl2F6N3O. The lowest BCUT2D eigenvalue weighted by Gasteiger charge is -2.17. The number of anilines is 1. The Morgan fingerprint density at radius 3 is 1.92 bits per heavy atom. The Bertz CT molecular complexity index is 853. The Balaban J connectivity index is 2.77. The molecule has 0 atom stereocenters. The van der Waals surface area contributed by atoms with Gasteiger partial charge in [-0.2, -0.15) is 26.3 Å². The molecule has 0 bridgehead atoms. The van der Waals surface area contributed by atoms with Crippen LogP contribution in [-0.2, 0) is 12.4 Å². The van der Waals surface area contributed by atoms with Crippen LogP contribution in [0.15, 0.2) is 23.0 Å². The van der Waals surface area contributed by atoms with E-state index in [9.17, 15) is 31.1 Å². The zero-order valence-corrected chi connectivity index (χ0v) is 13.6. The molecule has 0 fully saturated rings. The fourth-order valence-electron chi connectivity index (χ4n) is 1.95. The van der Waals surface area contributed by atoms with Crippen molar-refractivity contribution in [2.24, 2.45) is 0 Å². The maximum atomic E-state index is 12.8. The number of hydrogen-bond acceptors (Lipinski definition) is 3. The molecule has 2 rings (SSSR count). The van der Waals surface area contributed by atoms with E-state index >= 15 is 0 Å². The van der Waals surface area contributed by atoms with E-state index in [-0.39, 0.29) is 6.07 Å². The molecular weight excluding hydrogens is 399 g/mol. The van der Waals surface area contributed by atoms with Gasteiger partial charge in [0.05, 0.1) is 21.3 Å². The summed E-state index contributed by atoms with van der Waals surface area (Å²) in [6.07, 6.45) is -9.64. The van der Waals surface area contributed by atoms with Gasteiger partial charge in [-0.3, -0.25) is 4.79 Å². The summed E-state index contributed by atoms with van der Waals surface area (Å²) in [6.45, 7) is 0. The Labute approximate surface area is 146 Å². The van der Waals surface area contributed by atoms with Crippen LogP contribution in [0.4, 0.5) is 32.3 Å². The molecule has 0 unspecified atom stereocenters. The van der Waals surface area contributed by atoms with E-state index in [1.807, 2.05) is 0 Å². The summed E-state index contributed by atoms with van der Waals surface area (Å²) in [5.74, 6) is -0.594. The Morgan fingerprint density at radius 1 is 1.00 bits per heavy atom. The first-order chi connectivity index (χ1) is 11.4. The predicted molar refractivity (Wildman–Crippen MR) is 79.4 cm³/mol. The van der Waals surface area contributed by atoms with Crippen LogP contribution in [0.25, 0.3) is 5.69 Å². The minimum absolute atomic E-state index is 0.186. The van der Waals surface area contributed by atoms with Gasteiger partial charge in [0.2, 0.25) is 5.95 Å². The highest BCUT2D eigenvalue weighted by molar-refractivity contribution is 6.38. The average Bonchev–Trinajstić information content (AvgIpc) is 2.45. The quantitative estimate of drug-likeness (QED) is 0.741. The molecule has 0 amide bonds. The second-order valence-electron chi connectivity index (χ2n) is 4.67. The third-order valence-corrected chi connectivity index (χ3v) is 3.58. The largest absolute Gasteiger partial charge is 0.433 e. The van der Waals surface area contributed by atoms with Crippen LogP contribution in [0.5, 0.6) is 0 Å². The highest BCUT2D eigenvalue weighted by Crippen LogP contribution is 2.38. The standard InChI is InChI=1S/C13H7Cl2F6N3O/c1-22-11-23-8(13(19,20)21)4-9(25)24(11)10-6(14)2-5(3-7(10)15)12(16,17)18/h2-4H,1H3,(H,22,23). The molecule has 0 aliphatic carbocycles. The third-order valence-electron chi connectivity index (χ3n) is 3.00. The van der Waals surface area contributed by atoms with Crippen LogP contribution in [0.3, 0.4) is 0 Å². The third kappa shape index (κ3) is 3.84. The Kier molecular flexibility index (Phi) is 4.97. The second-order valence-corrected chi connectivity index (χ2v) is 5.49. The number of nitrogens with one attached hydrogen (secondary N) is 1. The SMILES string of the molecule is CNc1nc(C(F)(F)F)cc(=O)n1-c1c(Cl)cc(C(F)(F)F)cc1Cl. The molecule has 0 radical (unpaired) electrons. The number of benzene rings is 1. The number of rotatable bonds is 2. The predicted octanol–water partition coefficient (Wildman–Crippen LogP) is 4.62. The van der Waals surface area contributed by atoms with Crippen LogP contribution in [0, 0.1) is 0 Å².